The molecule has 0 radical (unpaired) electrons. The summed E-state index contributed by atoms with van der Waals surface area (Å²) in [7, 11) is -3.45. The second kappa shape index (κ2) is 18.5. The molecule has 0 saturated carbocycles. The van der Waals surface area contributed by atoms with E-state index in [-0.39, 0.29) is 70.5 Å². The van der Waals surface area contributed by atoms with Crippen molar-refractivity contribution < 1.29 is 45.1 Å². The molecule has 2 aromatic heterocycles. The molecule has 4 fully saturated rings. The first-order chi connectivity index (χ1) is 32.0. The Morgan fingerprint density at radius 3 is 2.16 bits per heavy atom. The zero-order valence-electron chi connectivity index (χ0n) is 37.9. The number of carbonyl (C=O) groups is 4. The highest BCUT2D eigenvalue weighted by Crippen LogP contribution is 2.36. The van der Waals surface area contributed by atoms with Crippen molar-refractivity contribution in [2.75, 3.05) is 62.6 Å². The van der Waals surface area contributed by atoms with Crippen LogP contribution >= 0.6 is 0 Å². The van der Waals surface area contributed by atoms with Crippen molar-refractivity contribution in [3.8, 4) is 11.3 Å². The number of halogens is 3. The van der Waals surface area contributed by atoms with Gasteiger partial charge in [0.05, 0.1) is 41.6 Å². The first-order valence-corrected chi connectivity index (χ1v) is 24.8. The van der Waals surface area contributed by atoms with E-state index in [1.165, 1.54) is 12.1 Å². The van der Waals surface area contributed by atoms with Gasteiger partial charge in [-0.25, -0.2) is 32.4 Å². The van der Waals surface area contributed by atoms with E-state index in [2.05, 4.69) is 30.1 Å². The van der Waals surface area contributed by atoms with Gasteiger partial charge in [0, 0.05) is 75.2 Å². The highest BCUT2D eigenvalue weighted by Gasteiger charge is 2.45. The van der Waals surface area contributed by atoms with Crippen LogP contribution in [0.25, 0.3) is 22.3 Å². The number of hydrogen-bond donors (Lipinski definition) is 3. The number of nitrogens with two attached hydrogens (primary N) is 1. The third-order valence-corrected chi connectivity index (χ3v) is 17.1. The van der Waals surface area contributed by atoms with Crippen LogP contribution in [0.15, 0.2) is 30.5 Å². The minimum Gasteiger partial charge on any atom is -0.368 e. The smallest absolute Gasteiger partial charge is 0.298 e. The summed E-state index contributed by atoms with van der Waals surface area (Å²) in [6, 6.07) is 4.45. The number of likely N-dealkylation sites (tertiary alicyclic amines) is 2. The molecule has 17 nitrogen and oxygen atoms in total. The van der Waals surface area contributed by atoms with E-state index in [1.807, 2.05) is 23.3 Å². The van der Waals surface area contributed by atoms with Crippen molar-refractivity contribution in [3.05, 3.63) is 64.9 Å². The molecule has 67 heavy (non-hydrogen) atoms. The van der Waals surface area contributed by atoms with Gasteiger partial charge in [-0.05, 0) is 90.2 Å². The molecule has 4 aromatic rings. The molecule has 5 aliphatic rings. The predicted molar refractivity (Wildman–Crippen MR) is 242 cm³/mol. The SMILES string of the molecule is Cc1nc2c(F)cc(-c3nc(NC4CC[NH+](S(=O)(=O)C5CCN(C6CCN(C7CN(c8cc9c(cc8F)C(=O)N(C(CCC=O)C(N)=O)C9=O)C7)CC6)CC5)CC4)ncc3F)cc2n1C(C)C. The van der Waals surface area contributed by atoms with E-state index in [9.17, 15) is 27.6 Å². The van der Waals surface area contributed by atoms with Crippen molar-refractivity contribution >= 4 is 56.7 Å². The Kier molecular flexibility index (Phi) is 12.9. The first-order valence-electron chi connectivity index (χ1n) is 23.3. The Balaban J connectivity index is 0.730. The van der Waals surface area contributed by atoms with Gasteiger partial charge in [-0.15, -0.1) is 0 Å². The van der Waals surface area contributed by atoms with Crippen LogP contribution in [0.4, 0.5) is 24.8 Å². The largest absolute Gasteiger partial charge is 0.368 e. The fourth-order valence-corrected chi connectivity index (χ4v) is 13.1. The standard InChI is InChI=1S/C46H56F3N11O6S/c1-26(2)59-27(3)52-42-36(48)19-28(20-40(42)59)41-37(49)23-51-46(54-41)53-29-6-16-58(17-7-29)67(65,66)32-10-14-55(15-11-32)30-8-12-56(13-9-30)31-24-57(25-31)39-22-34-33(21-35(39)47)44(63)60(45(34)64)38(43(50)62)5-4-18-61/h18-23,26,29-32,38H,4-17,24-25H2,1-3H3,(H2,50,62)(H,51,53,54)/p+1. The Hall–Kier alpha value is -5.51. The number of carbonyl (C=O) groups excluding carboxylic acids is 4. The van der Waals surface area contributed by atoms with E-state index in [0.29, 0.717) is 92.9 Å². The van der Waals surface area contributed by atoms with Crippen molar-refractivity contribution in [2.24, 2.45) is 5.73 Å². The summed E-state index contributed by atoms with van der Waals surface area (Å²) in [5.41, 5.74) is 6.55. The highest BCUT2D eigenvalue weighted by molar-refractivity contribution is 7.85. The van der Waals surface area contributed by atoms with Gasteiger partial charge in [-0.2, -0.15) is 8.42 Å². The summed E-state index contributed by atoms with van der Waals surface area (Å²) in [6.45, 7) is 10.8. The van der Waals surface area contributed by atoms with Crippen molar-refractivity contribution in [1.29, 1.82) is 0 Å². The lowest BCUT2D eigenvalue weighted by atomic mass is 9.96. The second-order valence-electron chi connectivity index (χ2n) is 18.9. The van der Waals surface area contributed by atoms with Gasteiger partial charge in [0.25, 0.3) is 21.8 Å². The number of rotatable bonds is 14. The van der Waals surface area contributed by atoms with Crippen molar-refractivity contribution in [3.63, 3.8) is 0 Å². The maximum absolute atomic E-state index is 15.4. The average molecular weight is 949 g/mol. The van der Waals surface area contributed by atoms with Gasteiger partial charge in [0.15, 0.2) is 11.6 Å². The lowest BCUT2D eigenvalue weighted by molar-refractivity contribution is -0.774. The summed E-state index contributed by atoms with van der Waals surface area (Å²) in [5.74, 6) is -3.51. The third kappa shape index (κ3) is 8.78. The normalized spacial score (nSPS) is 22.1. The van der Waals surface area contributed by atoms with Crippen LogP contribution in [0.2, 0.25) is 0 Å². The molecule has 5 aliphatic heterocycles. The molecule has 4 N–H and O–H groups in total. The molecule has 1 atom stereocenters. The third-order valence-electron chi connectivity index (χ3n) is 14.6. The molecule has 2 aromatic carbocycles. The minimum atomic E-state index is -3.45. The number of sulfonamides is 1. The average Bonchev–Trinajstić information content (AvgIpc) is 3.75. The number of aldehydes is 1. The number of primary amides is 1. The number of imide groups is 1. The molecule has 3 amide bonds. The van der Waals surface area contributed by atoms with Crippen LogP contribution in [0.1, 0.15) is 97.8 Å². The van der Waals surface area contributed by atoms with Crippen molar-refractivity contribution in [1.82, 2.24) is 34.2 Å². The van der Waals surface area contributed by atoms with Gasteiger partial charge >= 0.3 is 0 Å². The topological polar surface area (TPSA) is 201 Å². The molecule has 0 spiro atoms. The summed E-state index contributed by atoms with van der Waals surface area (Å²) >= 11 is 0. The van der Waals surface area contributed by atoms with Crippen LogP contribution in [-0.4, -0.2) is 148 Å². The molecule has 1 unspecified atom stereocenters. The van der Waals surface area contributed by atoms with E-state index in [0.717, 1.165) is 43.1 Å². The number of benzene rings is 2. The number of amides is 3. The lowest BCUT2D eigenvalue weighted by Crippen LogP contribution is -3.16. The van der Waals surface area contributed by atoms with Crippen LogP contribution in [0.5, 0.6) is 0 Å². The van der Waals surface area contributed by atoms with Crippen molar-refractivity contribution in [2.45, 2.75) is 108 Å². The van der Waals surface area contributed by atoms with Gasteiger partial charge in [0.1, 0.15) is 40.4 Å². The molecule has 0 aliphatic carbocycles. The molecule has 358 valence electrons. The Labute approximate surface area is 386 Å². The number of imidazole rings is 1. The Morgan fingerprint density at radius 1 is 0.881 bits per heavy atom. The summed E-state index contributed by atoms with van der Waals surface area (Å²) in [6.07, 6.45) is 5.58. The number of piperidine rings is 3. The molecular weight excluding hydrogens is 892 g/mol. The summed E-state index contributed by atoms with van der Waals surface area (Å²) < 4.78 is 76.1. The fraction of sp³-hybridized carbons (Fsp3) is 0.543. The van der Waals surface area contributed by atoms with E-state index in [1.54, 1.807) is 13.0 Å². The molecule has 9 rings (SSSR count). The number of nitrogens with zero attached hydrogens (tertiary/aromatic N) is 8. The Bertz CT molecular complexity index is 2710. The number of hydrogen-bond acceptors (Lipinski definition) is 13. The van der Waals surface area contributed by atoms with Gasteiger partial charge in [-0.1, -0.05) is 0 Å². The quantitative estimate of drug-likeness (QED) is 0.123. The number of nitrogens with one attached hydrogen (secondary N) is 2. The first kappa shape index (κ1) is 46.6. The van der Waals surface area contributed by atoms with Gasteiger partial charge < -0.3 is 30.2 Å². The van der Waals surface area contributed by atoms with Crippen LogP contribution in [-0.2, 0) is 19.6 Å². The maximum Gasteiger partial charge on any atom is 0.298 e. The van der Waals surface area contributed by atoms with Crippen LogP contribution in [0.3, 0.4) is 0 Å². The molecule has 0 bridgehead atoms. The lowest BCUT2D eigenvalue weighted by Gasteiger charge is -2.50. The molecular formula is C46H57F3N11O6S+. The zero-order valence-corrected chi connectivity index (χ0v) is 38.7. The number of quaternary nitrogens is 1. The van der Waals surface area contributed by atoms with E-state index < -0.39 is 56.5 Å². The number of fused-ring (bicyclic) bond motifs is 2. The van der Waals surface area contributed by atoms with Crippen LogP contribution in [0, 0.1) is 24.4 Å². The zero-order chi connectivity index (χ0) is 47.5. The minimum absolute atomic E-state index is 0.00362. The second-order valence-corrected chi connectivity index (χ2v) is 21.2. The summed E-state index contributed by atoms with van der Waals surface area (Å²) in [4.78, 5) is 69.7. The highest BCUT2D eigenvalue weighted by atomic mass is 32.2. The van der Waals surface area contributed by atoms with Gasteiger partial charge in [0.2, 0.25) is 11.9 Å². The molecule has 4 saturated heterocycles. The number of aromatic nitrogens is 4. The predicted octanol–water partition coefficient (Wildman–Crippen LogP) is 2.84. The Morgan fingerprint density at radius 2 is 1.52 bits per heavy atom. The monoisotopic (exact) mass is 948 g/mol. The number of anilines is 2. The maximum atomic E-state index is 15.4. The van der Waals surface area contributed by atoms with Crippen LogP contribution < -0.4 is 20.3 Å². The van der Waals surface area contributed by atoms with Gasteiger partial charge in [-0.3, -0.25) is 24.2 Å². The molecule has 21 heteroatoms. The summed E-state index contributed by atoms with van der Waals surface area (Å²) in [5, 5.41) is 2.84. The fourth-order valence-electron chi connectivity index (χ4n) is 11.0. The van der Waals surface area contributed by atoms with E-state index >= 15 is 13.2 Å². The molecule has 7 heterocycles. The number of aryl methyl sites for hydroxylation is 1. The van der Waals surface area contributed by atoms with E-state index in [4.69, 9.17) is 5.73 Å².